The SMILES string of the molecule is CN=C(NCCNc1nccc(C(F)(F)F)n1)NC1CCCN(C(=O)OC(C)(C)C)C1. The van der Waals surface area contributed by atoms with Crippen LogP contribution in [0.4, 0.5) is 23.9 Å². The fraction of sp³-hybridized carbons (Fsp3) is 0.684. The van der Waals surface area contributed by atoms with Crippen LogP contribution in [0.5, 0.6) is 0 Å². The third-order valence-electron chi connectivity index (χ3n) is 4.28. The van der Waals surface area contributed by atoms with Gasteiger partial charge in [0, 0.05) is 45.5 Å². The molecule has 0 saturated carbocycles. The monoisotopic (exact) mass is 445 g/mol. The average Bonchev–Trinajstić information content (AvgIpc) is 2.69. The zero-order valence-electron chi connectivity index (χ0n) is 18.2. The number of aliphatic imine (C=N–C) groups is 1. The molecule has 174 valence electrons. The predicted molar refractivity (Wildman–Crippen MR) is 111 cm³/mol. The second-order valence-corrected chi connectivity index (χ2v) is 8.10. The number of hydrogen-bond donors (Lipinski definition) is 3. The summed E-state index contributed by atoms with van der Waals surface area (Å²) >= 11 is 0. The van der Waals surface area contributed by atoms with Crippen molar-refractivity contribution in [3.63, 3.8) is 0 Å². The highest BCUT2D eigenvalue weighted by Crippen LogP contribution is 2.27. The van der Waals surface area contributed by atoms with Gasteiger partial charge in [0.05, 0.1) is 0 Å². The molecule has 0 aliphatic carbocycles. The first-order valence-corrected chi connectivity index (χ1v) is 10.1. The summed E-state index contributed by atoms with van der Waals surface area (Å²) in [7, 11) is 1.62. The molecule has 0 aromatic carbocycles. The van der Waals surface area contributed by atoms with E-state index in [1.165, 1.54) is 0 Å². The molecule has 0 bridgehead atoms. The minimum Gasteiger partial charge on any atom is -0.444 e. The molecule has 9 nitrogen and oxygen atoms in total. The minimum atomic E-state index is -4.52. The number of alkyl halides is 3. The maximum Gasteiger partial charge on any atom is 0.433 e. The Hall–Kier alpha value is -2.79. The lowest BCUT2D eigenvalue weighted by atomic mass is 10.1. The number of amides is 1. The molecule has 1 fully saturated rings. The summed E-state index contributed by atoms with van der Waals surface area (Å²) < 4.78 is 43.5. The molecule has 1 aromatic rings. The van der Waals surface area contributed by atoms with E-state index < -0.39 is 17.5 Å². The van der Waals surface area contributed by atoms with E-state index in [0.717, 1.165) is 25.1 Å². The number of aromatic nitrogens is 2. The van der Waals surface area contributed by atoms with Gasteiger partial charge in [-0.2, -0.15) is 13.2 Å². The van der Waals surface area contributed by atoms with Crippen molar-refractivity contribution in [1.29, 1.82) is 0 Å². The molecule has 1 aromatic heterocycles. The molecule has 1 saturated heterocycles. The summed E-state index contributed by atoms with van der Waals surface area (Å²) in [6.45, 7) is 7.28. The Morgan fingerprint density at radius 1 is 1.32 bits per heavy atom. The van der Waals surface area contributed by atoms with E-state index >= 15 is 0 Å². The number of rotatable bonds is 5. The fourth-order valence-electron chi connectivity index (χ4n) is 2.93. The molecule has 3 N–H and O–H groups in total. The molecule has 0 spiro atoms. The molecule has 31 heavy (non-hydrogen) atoms. The number of guanidine groups is 1. The van der Waals surface area contributed by atoms with Gasteiger partial charge in [-0.3, -0.25) is 4.99 Å². The van der Waals surface area contributed by atoms with Crippen LogP contribution in [-0.4, -0.2) is 71.8 Å². The molecular formula is C19H30F3N7O2. The topological polar surface area (TPSA) is 104 Å². The summed E-state index contributed by atoms with van der Waals surface area (Å²) in [6.07, 6.45) is -2.09. The molecule has 1 amide bonds. The van der Waals surface area contributed by atoms with Crippen LogP contribution in [0.1, 0.15) is 39.3 Å². The Balaban J connectivity index is 1.78. The molecular weight excluding hydrogens is 415 g/mol. The van der Waals surface area contributed by atoms with Crippen molar-refractivity contribution in [2.45, 2.75) is 51.4 Å². The van der Waals surface area contributed by atoms with Crippen LogP contribution in [-0.2, 0) is 10.9 Å². The Morgan fingerprint density at radius 2 is 2.06 bits per heavy atom. The van der Waals surface area contributed by atoms with Gasteiger partial charge in [0.15, 0.2) is 5.96 Å². The summed E-state index contributed by atoms with van der Waals surface area (Å²) in [5.41, 5.74) is -1.55. The van der Waals surface area contributed by atoms with Crippen LogP contribution in [0.3, 0.4) is 0 Å². The number of ether oxygens (including phenoxy) is 1. The largest absolute Gasteiger partial charge is 0.444 e. The summed E-state index contributed by atoms with van der Waals surface area (Å²) in [5, 5.41) is 9.09. The number of carbonyl (C=O) groups excluding carboxylic acids is 1. The Morgan fingerprint density at radius 3 is 2.71 bits per heavy atom. The first-order valence-electron chi connectivity index (χ1n) is 10.1. The van der Waals surface area contributed by atoms with Crippen molar-refractivity contribution in [2.75, 3.05) is 38.5 Å². The van der Waals surface area contributed by atoms with Gasteiger partial charge in [-0.25, -0.2) is 14.8 Å². The minimum absolute atomic E-state index is 0.00669. The van der Waals surface area contributed by atoms with Crippen LogP contribution >= 0.6 is 0 Å². The second-order valence-electron chi connectivity index (χ2n) is 8.10. The van der Waals surface area contributed by atoms with Crippen LogP contribution in [0.25, 0.3) is 0 Å². The van der Waals surface area contributed by atoms with Crippen molar-refractivity contribution >= 4 is 18.0 Å². The van der Waals surface area contributed by atoms with E-state index in [-0.39, 0.29) is 24.6 Å². The molecule has 1 aliphatic heterocycles. The summed E-state index contributed by atoms with van der Waals surface area (Å²) in [4.78, 5) is 25.4. The molecule has 1 atom stereocenters. The third kappa shape index (κ3) is 8.46. The zero-order valence-corrected chi connectivity index (χ0v) is 18.2. The lowest BCUT2D eigenvalue weighted by Crippen LogP contribution is -2.53. The van der Waals surface area contributed by atoms with Crippen molar-refractivity contribution in [3.8, 4) is 0 Å². The smallest absolute Gasteiger partial charge is 0.433 e. The van der Waals surface area contributed by atoms with Crippen molar-refractivity contribution < 1.29 is 22.7 Å². The molecule has 0 radical (unpaired) electrons. The molecule has 2 heterocycles. The highest BCUT2D eigenvalue weighted by molar-refractivity contribution is 5.80. The molecule has 1 unspecified atom stereocenters. The van der Waals surface area contributed by atoms with Crippen molar-refractivity contribution in [2.24, 2.45) is 4.99 Å². The van der Waals surface area contributed by atoms with Gasteiger partial charge in [0.1, 0.15) is 11.3 Å². The highest BCUT2D eigenvalue weighted by Gasteiger charge is 2.32. The van der Waals surface area contributed by atoms with Gasteiger partial charge in [-0.1, -0.05) is 0 Å². The van der Waals surface area contributed by atoms with E-state index in [0.29, 0.717) is 25.6 Å². The normalized spacial score (nSPS) is 17.8. The first-order chi connectivity index (χ1) is 14.5. The quantitative estimate of drug-likeness (QED) is 0.363. The number of piperidine rings is 1. The maximum absolute atomic E-state index is 12.7. The molecule has 1 aliphatic rings. The van der Waals surface area contributed by atoms with E-state index in [1.807, 2.05) is 20.8 Å². The number of likely N-dealkylation sites (tertiary alicyclic amines) is 1. The van der Waals surface area contributed by atoms with Gasteiger partial charge < -0.3 is 25.6 Å². The number of nitrogens with one attached hydrogen (secondary N) is 3. The average molecular weight is 445 g/mol. The summed E-state index contributed by atoms with van der Waals surface area (Å²) in [5.74, 6) is 0.433. The van der Waals surface area contributed by atoms with Gasteiger partial charge in [0.2, 0.25) is 5.95 Å². The predicted octanol–water partition coefficient (Wildman–Crippen LogP) is 2.47. The van der Waals surface area contributed by atoms with Gasteiger partial charge in [-0.15, -0.1) is 0 Å². The number of hydrogen-bond acceptors (Lipinski definition) is 6. The van der Waals surface area contributed by atoms with Crippen molar-refractivity contribution in [1.82, 2.24) is 25.5 Å². The lowest BCUT2D eigenvalue weighted by molar-refractivity contribution is -0.141. The summed E-state index contributed by atoms with van der Waals surface area (Å²) in [6, 6.07) is 0.826. The standard InChI is InChI=1S/C19H30F3N7O2/c1-18(2,3)31-17(30)29-11-5-6-13(12-29)27-15(23-4)25-9-10-26-16-24-8-7-14(28-16)19(20,21)22/h7-8,13H,5-6,9-12H2,1-4H3,(H2,23,25,27)(H,24,26,28). The van der Waals surface area contributed by atoms with Crippen LogP contribution < -0.4 is 16.0 Å². The Bertz CT molecular complexity index is 766. The van der Waals surface area contributed by atoms with E-state index in [9.17, 15) is 18.0 Å². The molecule has 2 rings (SSSR count). The van der Waals surface area contributed by atoms with E-state index in [4.69, 9.17) is 4.74 Å². The van der Waals surface area contributed by atoms with Gasteiger partial charge in [-0.05, 0) is 39.7 Å². The van der Waals surface area contributed by atoms with E-state index in [2.05, 4.69) is 30.9 Å². The highest BCUT2D eigenvalue weighted by atomic mass is 19.4. The fourth-order valence-corrected chi connectivity index (χ4v) is 2.93. The second kappa shape index (κ2) is 10.5. The third-order valence-corrected chi connectivity index (χ3v) is 4.28. The maximum atomic E-state index is 12.7. The van der Waals surface area contributed by atoms with Crippen LogP contribution in [0, 0.1) is 0 Å². The number of carbonyl (C=O) groups is 1. The van der Waals surface area contributed by atoms with Gasteiger partial charge in [0.25, 0.3) is 0 Å². The Labute approximate surface area is 179 Å². The van der Waals surface area contributed by atoms with Crippen molar-refractivity contribution in [3.05, 3.63) is 18.0 Å². The zero-order chi connectivity index (χ0) is 23.1. The van der Waals surface area contributed by atoms with Crippen LogP contribution in [0.15, 0.2) is 17.3 Å². The number of anilines is 1. The lowest BCUT2D eigenvalue weighted by Gasteiger charge is -2.35. The van der Waals surface area contributed by atoms with E-state index in [1.54, 1.807) is 11.9 Å². The number of halogens is 3. The first kappa shape index (κ1) is 24.5. The van der Waals surface area contributed by atoms with Gasteiger partial charge >= 0.3 is 12.3 Å². The Kier molecular flexibility index (Phi) is 8.28. The molecule has 12 heteroatoms. The number of nitrogens with zero attached hydrogens (tertiary/aromatic N) is 4. The van der Waals surface area contributed by atoms with Crippen LogP contribution in [0.2, 0.25) is 0 Å².